The van der Waals surface area contributed by atoms with Crippen LogP contribution in [-0.2, 0) is 0 Å². The van der Waals surface area contributed by atoms with E-state index < -0.39 is 5.60 Å². The average molecular weight is 417 g/mol. The third-order valence-electron chi connectivity index (χ3n) is 9.22. The summed E-state index contributed by atoms with van der Waals surface area (Å²) in [4.78, 5) is 0. The van der Waals surface area contributed by atoms with Gasteiger partial charge in [-0.1, -0.05) is 70.8 Å². The Morgan fingerprint density at radius 3 is 2.37 bits per heavy atom. The van der Waals surface area contributed by atoms with Gasteiger partial charge in [0.15, 0.2) is 0 Å². The highest BCUT2D eigenvalue weighted by Crippen LogP contribution is 2.63. The Morgan fingerprint density at radius 1 is 1.17 bits per heavy atom. The molecule has 2 aliphatic rings. The Morgan fingerprint density at radius 2 is 1.83 bits per heavy atom. The molecule has 0 heterocycles. The summed E-state index contributed by atoms with van der Waals surface area (Å²) >= 11 is 0. The molecule has 0 saturated heterocycles. The minimum Gasteiger partial charge on any atom is -0.390 e. The topological polar surface area (TPSA) is 20.2 Å². The maximum atomic E-state index is 10.0. The van der Waals surface area contributed by atoms with Gasteiger partial charge in [-0.15, -0.1) is 0 Å². The van der Waals surface area contributed by atoms with Crippen molar-refractivity contribution in [2.45, 2.75) is 125 Å². The second-order valence-corrected chi connectivity index (χ2v) is 12.4. The summed E-state index contributed by atoms with van der Waals surface area (Å²) in [6, 6.07) is 0. The minimum absolute atomic E-state index is 0.234. The summed E-state index contributed by atoms with van der Waals surface area (Å²) < 4.78 is 0. The van der Waals surface area contributed by atoms with Crippen molar-refractivity contribution in [3.63, 3.8) is 0 Å². The molecular formula is C29H52O. The molecule has 2 rings (SSSR count). The van der Waals surface area contributed by atoms with Crippen LogP contribution in [0.15, 0.2) is 23.8 Å². The molecule has 1 heteroatoms. The van der Waals surface area contributed by atoms with E-state index in [1.807, 2.05) is 13.8 Å². The molecule has 30 heavy (non-hydrogen) atoms. The zero-order valence-corrected chi connectivity index (χ0v) is 21.6. The smallest absolute Gasteiger partial charge is 0.0591 e. The largest absolute Gasteiger partial charge is 0.390 e. The van der Waals surface area contributed by atoms with Crippen LogP contribution in [0.25, 0.3) is 0 Å². The van der Waals surface area contributed by atoms with Gasteiger partial charge in [-0.25, -0.2) is 0 Å². The predicted molar refractivity (Wildman–Crippen MR) is 133 cm³/mol. The fraction of sp³-hybridized carbons (Fsp3) is 0.862. The lowest BCUT2D eigenvalue weighted by Gasteiger charge is -2.51. The number of rotatable bonds is 10. The van der Waals surface area contributed by atoms with Crippen molar-refractivity contribution in [1.29, 1.82) is 0 Å². The number of allylic oxidation sites excluding steroid dienone is 3. The SMILES string of the molecule is C=C(C)[C@](C)(CCC(C)C)[C@H]1CC[C@]2(C)[C@@H](CCCCC(C)(C)O)CC[C@H]2/C1=C/C. The zero-order valence-electron chi connectivity index (χ0n) is 21.6. The molecule has 5 atom stereocenters. The summed E-state index contributed by atoms with van der Waals surface area (Å²) in [5, 5.41) is 10.0. The third-order valence-corrected chi connectivity index (χ3v) is 9.22. The summed E-state index contributed by atoms with van der Waals surface area (Å²) in [6.45, 7) is 22.8. The summed E-state index contributed by atoms with van der Waals surface area (Å²) in [7, 11) is 0. The fourth-order valence-electron chi connectivity index (χ4n) is 6.89. The van der Waals surface area contributed by atoms with E-state index in [0.29, 0.717) is 11.3 Å². The van der Waals surface area contributed by atoms with Gasteiger partial charge < -0.3 is 5.11 Å². The first-order valence-corrected chi connectivity index (χ1v) is 12.9. The molecule has 0 aromatic heterocycles. The van der Waals surface area contributed by atoms with Crippen LogP contribution in [0.1, 0.15) is 120 Å². The highest BCUT2D eigenvalue weighted by atomic mass is 16.3. The van der Waals surface area contributed by atoms with Crippen LogP contribution >= 0.6 is 0 Å². The minimum atomic E-state index is -0.513. The highest BCUT2D eigenvalue weighted by Gasteiger charge is 2.53. The van der Waals surface area contributed by atoms with E-state index >= 15 is 0 Å². The predicted octanol–water partition coefficient (Wildman–Crippen LogP) is 8.73. The van der Waals surface area contributed by atoms with Gasteiger partial charge in [0.2, 0.25) is 0 Å². The lowest BCUT2D eigenvalue weighted by Crippen LogP contribution is -2.42. The van der Waals surface area contributed by atoms with E-state index in [2.05, 4.69) is 54.2 Å². The van der Waals surface area contributed by atoms with Crippen molar-refractivity contribution in [1.82, 2.24) is 0 Å². The van der Waals surface area contributed by atoms with Crippen molar-refractivity contribution in [2.24, 2.45) is 34.5 Å². The van der Waals surface area contributed by atoms with Gasteiger partial charge in [-0.2, -0.15) is 0 Å². The number of hydrogen-bond donors (Lipinski definition) is 1. The monoisotopic (exact) mass is 416 g/mol. The van der Waals surface area contributed by atoms with Gasteiger partial charge in [-0.05, 0) is 107 Å². The van der Waals surface area contributed by atoms with Crippen LogP contribution in [0.5, 0.6) is 0 Å². The average Bonchev–Trinajstić information content (AvgIpc) is 2.97. The van der Waals surface area contributed by atoms with Gasteiger partial charge in [-0.3, -0.25) is 0 Å². The Labute approximate surface area is 188 Å². The summed E-state index contributed by atoms with van der Waals surface area (Å²) in [5.74, 6) is 3.04. The molecule has 0 unspecified atom stereocenters. The molecule has 0 aliphatic heterocycles. The van der Waals surface area contributed by atoms with Crippen LogP contribution in [0.4, 0.5) is 0 Å². The zero-order chi connectivity index (χ0) is 22.7. The molecule has 1 nitrogen and oxygen atoms in total. The first kappa shape index (κ1) is 25.7. The van der Waals surface area contributed by atoms with Gasteiger partial charge >= 0.3 is 0 Å². The maximum Gasteiger partial charge on any atom is 0.0591 e. The Balaban J connectivity index is 2.13. The number of unbranched alkanes of at least 4 members (excludes halogenated alkanes) is 1. The Kier molecular flexibility index (Phi) is 8.51. The third kappa shape index (κ3) is 5.62. The molecule has 0 radical (unpaired) electrons. The van der Waals surface area contributed by atoms with E-state index in [1.165, 1.54) is 56.9 Å². The second kappa shape index (κ2) is 9.93. The van der Waals surface area contributed by atoms with Crippen LogP contribution < -0.4 is 0 Å². The van der Waals surface area contributed by atoms with Crippen molar-refractivity contribution in [3.05, 3.63) is 23.8 Å². The lowest BCUT2D eigenvalue weighted by atomic mass is 9.53. The fourth-order valence-corrected chi connectivity index (χ4v) is 6.89. The molecule has 0 aromatic carbocycles. The van der Waals surface area contributed by atoms with Crippen LogP contribution in [0.3, 0.4) is 0 Å². The van der Waals surface area contributed by atoms with Crippen molar-refractivity contribution < 1.29 is 5.11 Å². The maximum absolute atomic E-state index is 10.0. The number of aliphatic hydroxyl groups is 1. The van der Waals surface area contributed by atoms with Crippen LogP contribution in [-0.4, -0.2) is 10.7 Å². The molecule has 2 saturated carbocycles. The van der Waals surface area contributed by atoms with Gasteiger partial charge in [0.05, 0.1) is 5.60 Å². The first-order chi connectivity index (χ1) is 13.8. The Hall–Kier alpha value is -0.560. The highest BCUT2D eigenvalue weighted by molar-refractivity contribution is 5.27. The van der Waals surface area contributed by atoms with E-state index in [4.69, 9.17) is 0 Å². The molecule has 174 valence electrons. The number of hydrogen-bond acceptors (Lipinski definition) is 1. The van der Waals surface area contributed by atoms with E-state index in [0.717, 1.165) is 30.6 Å². The normalized spacial score (nSPS) is 33.0. The number of fused-ring (bicyclic) bond motifs is 1. The molecule has 0 bridgehead atoms. The van der Waals surface area contributed by atoms with Crippen molar-refractivity contribution >= 4 is 0 Å². The first-order valence-electron chi connectivity index (χ1n) is 12.9. The standard InChI is InChI=1S/C29H52O/c1-10-24-25-15-14-23(13-11-12-18-27(6,7)30)29(25,9)20-17-26(24)28(8,22(4)5)19-16-21(2)3/h10,21,23,25-26,30H,4,11-20H2,1-3,5-9H3/b24-10-/t23-,25-,26-,28-,29+/m0/s1. The molecule has 0 aromatic rings. The molecule has 2 aliphatic carbocycles. The molecule has 0 spiro atoms. The van der Waals surface area contributed by atoms with Crippen LogP contribution in [0, 0.1) is 34.5 Å². The second-order valence-electron chi connectivity index (χ2n) is 12.4. The van der Waals surface area contributed by atoms with Gasteiger partial charge in [0, 0.05) is 0 Å². The lowest BCUT2D eigenvalue weighted by molar-refractivity contribution is 0.0608. The van der Waals surface area contributed by atoms with E-state index in [9.17, 15) is 5.11 Å². The van der Waals surface area contributed by atoms with Gasteiger partial charge in [0.25, 0.3) is 0 Å². The van der Waals surface area contributed by atoms with E-state index in [-0.39, 0.29) is 5.41 Å². The molecule has 1 N–H and O–H groups in total. The summed E-state index contributed by atoms with van der Waals surface area (Å²) in [5.41, 5.74) is 3.34. The molecule has 0 amide bonds. The summed E-state index contributed by atoms with van der Waals surface area (Å²) in [6.07, 6.45) is 15.2. The van der Waals surface area contributed by atoms with Crippen molar-refractivity contribution in [3.8, 4) is 0 Å². The molecular weight excluding hydrogens is 364 g/mol. The van der Waals surface area contributed by atoms with E-state index in [1.54, 1.807) is 5.57 Å². The quantitative estimate of drug-likeness (QED) is 0.279. The van der Waals surface area contributed by atoms with Crippen molar-refractivity contribution in [2.75, 3.05) is 0 Å². The molecule has 2 fully saturated rings. The Bertz CT molecular complexity index is 606. The van der Waals surface area contributed by atoms with Gasteiger partial charge in [0.1, 0.15) is 0 Å². The van der Waals surface area contributed by atoms with Crippen LogP contribution in [0.2, 0.25) is 0 Å².